The highest BCUT2D eigenvalue weighted by Gasteiger charge is 2.26. The lowest BCUT2D eigenvalue weighted by atomic mass is 9.98. The fraction of sp³-hybridized carbons (Fsp3) is 0.400. The van der Waals surface area contributed by atoms with Crippen LogP contribution in [0.1, 0.15) is 44.2 Å². The van der Waals surface area contributed by atoms with Crippen molar-refractivity contribution >= 4 is 34.6 Å². The molecule has 1 aromatic heterocycles. The quantitative estimate of drug-likeness (QED) is 0.488. The van der Waals surface area contributed by atoms with Crippen molar-refractivity contribution in [2.75, 3.05) is 24.1 Å². The Bertz CT molecular complexity index is 1070. The molecular weight excluding hydrogens is 406 g/mol. The number of ether oxygens (including phenoxy) is 1. The van der Waals surface area contributed by atoms with E-state index >= 15 is 0 Å². The summed E-state index contributed by atoms with van der Waals surface area (Å²) < 4.78 is 10.6. The Morgan fingerprint density at radius 3 is 2.77 bits per heavy atom. The van der Waals surface area contributed by atoms with E-state index in [4.69, 9.17) is 4.74 Å². The minimum atomic E-state index is -0.523. The second-order valence-electron chi connectivity index (χ2n) is 9.17. The number of para-hydroxylation sites is 1. The third-order valence-corrected chi connectivity index (χ3v) is 6.07. The predicted molar refractivity (Wildman–Crippen MR) is 130 cm³/mol. The Balaban J connectivity index is 1.52. The maximum absolute atomic E-state index is 12.8. The number of nitrogens with zero attached hydrogens (tertiary/aromatic N) is 2. The molecular formula is C25H31N3O2S. The molecule has 0 saturated carbocycles. The van der Waals surface area contributed by atoms with Crippen molar-refractivity contribution in [3.8, 4) is 0 Å². The highest BCUT2D eigenvalue weighted by molar-refractivity contribution is 7.99. The molecule has 1 saturated heterocycles. The van der Waals surface area contributed by atoms with Gasteiger partial charge in [-0.25, -0.2) is 4.79 Å². The van der Waals surface area contributed by atoms with Gasteiger partial charge >= 0.3 is 6.09 Å². The average Bonchev–Trinajstić information content (AvgIpc) is 3.33. The van der Waals surface area contributed by atoms with Crippen LogP contribution in [-0.4, -0.2) is 40.5 Å². The maximum atomic E-state index is 12.8. The Labute approximate surface area is 188 Å². The second kappa shape index (κ2) is 8.97. The number of hydrogen-bond acceptors (Lipinski definition) is 5. The highest BCUT2D eigenvalue weighted by Crippen LogP contribution is 2.31. The summed E-state index contributed by atoms with van der Waals surface area (Å²) in [5.41, 5.74) is 4.09. The normalized spacial score (nSPS) is 17.2. The zero-order valence-corrected chi connectivity index (χ0v) is 19.5. The predicted octanol–water partition coefficient (Wildman–Crippen LogP) is 6.10. The van der Waals surface area contributed by atoms with Gasteiger partial charge in [-0.1, -0.05) is 42.3 Å². The smallest absolute Gasteiger partial charge is 0.419 e. The molecule has 31 heavy (non-hydrogen) atoms. The van der Waals surface area contributed by atoms with Crippen LogP contribution >= 0.6 is 11.9 Å². The van der Waals surface area contributed by atoms with E-state index in [0.717, 1.165) is 42.6 Å². The number of rotatable bonds is 5. The van der Waals surface area contributed by atoms with Crippen LogP contribution in [0.2, 0.25) is 0 Å². The van der Waals surface area contributed by atoms with E-state index in [9.17, 15) is 4.79 Å². The number of hydrogen-bond donors (Lipinski definition) is 1. The number of carbonyl (C=O) groups is 1. The molecule has 0 bridgehead atoms. The fourth-order valence-corrected chi connectivity index (χ4v) is 4.66. The van der Waals surface area contributed by atoms with E-state index in [1.807, 2.05) is 51.4 Å². The van der Waals surface area contributed by atoms with E-state index < -0.39 is 5.60 Å². The minimum Gasteiger partial charge on any atom is -0.443 e. The summed E-state index contributed by atoms with van der Waals surface area (Å²) in [6, 6.07) is 16.8. The van der Waals surface area contributed by atoms with Crippen molar-refractivity contribution in [3.05, 3.63) is 65.9 Å². The van der Waals surface area contributed by atoms with Gasteiger partial charge in [0.15, 0.2) is 0 Å². The summed E-state index contributed by atoms with van der Waals surface area (Å²) >= 11 is 1.62. The first-order chi connectivity index (χ1) is 14.8. The summed E-state index contributed by atoms with van der Waals surface area (Å²) in [6.45, 7) is 8.59. The molecule has 2 aromatic carbocycles. The molecule has 1 N–H and O–H groups in total. The van der Waals surface area contributed by atoms with Gasteiger partial charge in [-0.3, -0.25) is 9.47 Å². The standard InChI is InChI=1S/C25H31N3O2S/c1-25(2,3)30-24(29)28-17-20(22-10-5-6-11-23(22)28)16-27-13-12-19(15-27)18-8-7-9-21(14-18)26-31-4/h5-11,14,17,19,26H,12-13,15-16H2,1-4H3. The van der Waals surface area contributed by atoms with Gasteiger partial charge < -0.3 is 9.46 Å². The average molecular weight is 438 g/mol. The van der Waals surface area contributed by atoms with Crippen LogP contribution in [0, 0.1) is 0 Å². The van der Waals surface area contributed by atoms with Crippen LogP contribution in [0.25, 0.3) is 10.9 Å². The lowest BCUT2D eigenvalue weighted by Crippen LogP contribution is -2.26. The Kier molecular flexibility index (Phi) is 6.30. The molecule has 3 aromatic rings. The van der Waals surface area contributed by atoms with Crippen LogP contribution < -0.4 is 4.72 Å². The molecule has 1 unspecified atom stereocenters. The van der Waals surface area contributed by atoms with Crippen LogP contribution in [-0.2, 0) is 11.3 Å². The third-order valence-electron chi connectivity index (χ3n) is 5.63. The number of nitrogens with one attached hydrogen (secondary N) is 1. The number of aromatic nitrogens is 1. The molecule has 1 atom stereocenters. The number of likely N-dealkylation sites (tertiary alicyclic amines) is 1. The lowest BCUT2D eigenvalue weighted by molar-refractivity contribution is 0.0544. The van der Waals surface area contributed by atoms with Gasteiger partial charge in [0.05, 0.1) is 5.52 Å². The van der Waals surface area contributed by atoms with Crippen molar-refractivity contribution in [1.29, 1.82) is 0 Å². The summed E-state index contributed by atoms with van der Waals surface area (Å²) in [6.07, 6.45) is 4.81. The van der Waals surface area contributed by atoms with Crippen molar-refractivity contribution in [1.82, 2.24) is 9.47 Å². The van der Waals surface area contributed by atoms with Crippen LogP contribution in [0.3, 0.4) is 0 Å². The first-order valence-electron chi connectivity index (χ1n) is 10.8. The van der Waals surface area contributed by atoms with Gasteiger partial charge in [-0.15, -0.1) is 0 Å². The van der Waals surface area contributed by atoms with E-state index in [2.05, 4.69) is 40.0 Å². The number of fused-ring (bicyclic) bond motifs is 1. The van der Waals surface area contributed by atoms with Crippen LogP contribution in [0.5, 0.6) is 0 Å². The van der Waals surface area contributed by atoms with Gasteiger partial charge in [-0.2, -0.15) is 0 Å². The number of anilines is 1. The molecule has 164 valence electrons. The molecule has 1 aliphatic rings. The van der Waals surface area contributed by atoms with Gasteiger partial charge in [0.2, 0.25) is 0 Å². The first-order valence-corrected chi connectivity index (χ1v) is 12.0. The molecule has 2 heterocycles. The van der Waals surface area contributed by atoms with Gasteiger partial charge in [0.25, 0.3) is 0 Å². The van der Waals surface area contributed by atoms with E-state index in [-0.39, 0.29) is 6.09 Å². The molecule has 0 amide bonds. The van der Waals surface area contributed by atoms with Crippen molar-refractivity contribution < 1.29 is 9.53 Å². The van der Waals surface area contributed by atoms with E-state index in [1.165, 1.54) is 11.1 Å². The Morgan fingerprint density at radius 1 is 1.19 bits per heavy atom. The molecule has 6 heteroatoms. The Hall–Kier alpha value is -2.44. The summed E-state index contributed by atoms with van der Waals surface area (Å²) in [5.74, 6) is 0.530. The third kappa shape index (κ3) is 5.08. The molecule has 1 aliphatic heterocycles. The van der Waals surface area contributed by atoms with E-state index in [0.29, 0.717) is 5.92 Å². The molecule has 4 rings (SSSR count). The topological polar surface area (TPSA) is 46.5 Å². The summed E-state index contributed by atoms with van der Waals surface area (Å²) in [5, 5.41) is 1.11. The van der Waals surface area contributed by atoms with Crippen molar-refractivity contribution in [3.63, 3.8) is 0 Å². The Morgan fingerprint density at radius 2 is 2.00 bits per heavy atom. The zero-order valence-electron chi connectivity index (χ0n) is 18.7. The monoisotopic (exact) mass is 437 g/mol. The van der Waals surface area contributed by atoms with Crippen LogP contribution in [0.4, 0.5) is 10.5 Å². The van der Waals surface area contributed by atoms with Gasteiger partial charge in [-0.05, 0) is 69.0 Å². The number of benzene rings is 2. The van der Waals surface area contributed by atoms with Crippen molar-refractivity contribution in [2.45, 2.75) is 45.3 Å². The zero-order chi connectivity index (χ0) is 22.0. The number of carbonyl (C=O) groups excluding carboxylic acids is 1. The summed E-state index contributed by atoms with van der Waals surface area (Å²) in [7, 11) is 0. The van der Waals surface area contributed by atoms with Crippen LogP contribution in [0.15, 0.2) is 54.7 Å². The van der Waals surface area contributed by atoms with Gasteiger partial charge in [0, 0.05) is 36.6 Å². The minimum absolute atomic E-state index is 0.327. The highest BCUT2D eigenvalue weighted by atomic mass is 32.2. The fourth-order valence-electron chi connectivity index (χ4n) is 4.30. The molecule has 0 spiro atoms. The largest absolute Gasteiger partial charge is 0.443 e. The second-order valence-corrected chi connectivity index (χ2v) is 9.79. The van der Waals surface area contributed by atoms with Gasteiger partial charge in [0.1, 0.15) is 5.60 Å². The van der Waals surface area contributed by atoms with E-state index in [1.54, 1.807) is 16.5 Å². The molecule has 0 radical (unpaired) electrons. The maximum Gasteiger partial charge on any atom is 0.419 e. The molecule has 5 nitrogen and oxygen atoms in total. The lowest BCUT2D eigenvalue weighted by Gasteiger charge is -2.19. The molecule has 1 fully saturated rings. The molecule has 0 aliphatic carbocycles. The first kappa shape index (κ1) is 21.8. The SMILES string of the molecule is CSNc1cccc(C2CCN(Cc3cn(C(=O)OC(C)(C)C)c4ccccc34)C2)c1. The van der Waals surface area contributed by atoms with Crippen molar-refractivity contribution in [2.24, 2.45) is 0 Å². The summed E-state index contributed by atoms with van der Waals surface area (Å²) in [4.78, 5) is 15.3.